The number of hydrogen-bond donors (Lipinski definition) is 2. The van der Waals surface area contributed by atoms with Crippen molar-refractivity contribution in [1.29, 1.82) is 0 Å². The van der Waals surface area contributed by atoms with Crippen molar-refractivity contribution in [3.05, 3.63) is 53.5 Å². The molecule has 3 aromatic rings. The summed E-state index contributed by atoms with van der Waals surface area (Å²) in [7, 11) is -2.20. The smallest absolute Gasteiger partial charge is 0.413 e. The number of alkyl halides is 1. The monoisotopic (exact) mass is 466 g/mol. The third-order valence-electron chi connectivity index (χ3n) is 4.29. The molecule has 32 heavy (non-hydrogen) atoms. The van der Waals surface area contributed by atoms with Gasteiger partial charge < -0.3 is 4.74 Å². The summed E-state index contributed by atoms with van der Waals surface area (Å²) in [5, 5.41) is 9.97. The van der Waals surface area contributed by atoms with Crippen LogP contribution in [0.1, 0.15) is 17.4 Å². The van der Waals surface area contributed by atoms with Crippen molar-refractivity contribution in [2.75, 3.05) is 23.0 Å². The molecule has 2 N–H and O–H groups in total. The highest BCUT2D eigenvalue weighted by Crippen LogP contribution is 2.29. The van der Waals surface area contributed by atoms with Gasteiger partial charge >= 0.3 is 6.09 Å². The second-order valence-corrected chi connectivity index (χ2v) is 8.57. The molecule has 0 saturated carbocycles. The van der Waals surface area contributed by atoms with Gasteiger partial charge in [0.25, 0.3) is 0 Å². The number of nitrogens with one attached hydrogen (secondary N) is 2. The molecule has 3 rings (SSSR count). The van der Waals surface area contributed by atoms with Crippen LogP contribution in [-0.2, 0) is 21.8 Å². The number of ether oxygens (including phenoxy) is 1. The highest BCUT2D eigenvalue weighted by Gasteiger charge is 2.24. The summed E-state index contributed by atoms with van der Waals surface area (Å²) in [6.07, 6.45) is -1.22. The van der Waals surface area contributed by atoms with Crippen LogP contribution in [-0.4, -0.2) is 47.4 Å². The number of anilines is 2. The minimum absolute atomic E-state index is 0.0415. The van der Waals surface area contributed by atoms with Crippen LogP contribution in [0.3, 0.4) is 0 Å². The van der Waals surface area contributed by atoms with Gasteiger partial charge in [0.2, 0.25) is 10.0 Å². The number of hydrogen-bond acceptors (Lipinski definition) is 7. The van der Waals surface area contributed by atoms with E-state index in [1.54, 1.807) is 30.3 Å². The Morgan fingerprint density at radius 2 is 1.94 bits per heavy atom. The van der Waals surface area contributed by atoms with Gasteiger partial charge in [0.15, 0.2) is 23.4 Å². The van der Waals surface area contributed by atoms with Gasteiger partial charge in [-0.1, -0.05) is 35.5 Å². The van der Waals surface area contributed by atoms with Gasteiger partial charge in [0.1, 0.15) is 12.4 Å². The Morgan fingerprint density at radius 3 is 2.56 bits per heavy atom. The van der Waals surface area contributed by atoms with E-state index in [1.165, 1.54) is 14.0 Å². The Balaban J connectivity index is 1.87. The van der Waals surface area contributed by atoms with Crippen molar-refractivity contribution in [2.24, 2.45) is 7.05 Å². The molecule has 0 aliphatic rings. The van der Waals surface area contributed by atoms with Crippen LogP contribution in [0.4, 0.5) is 25.1 Å². The average Bonchev–Trinajstić information content (AvgIpc) is 3.08. The number of aromatic nitrogens is 4. The van der Waals surface area contributed by atoms with E-state index in [9.17, 15) is 22.0 Å². The van der Waals surface area contributed by atoms with E-state index >= 15 is 0 Å². The lowest BCUT2D eigenvalue weighted by molar-refractivity contribution is 0.0928. The first kappa shape index (κ1) is 23.1. The van der Waals surface area contributed by atoms with Crippen LogP contribution < -0.4 is 10.0 Å². The molecular weight excluding hydrogens is 446 g/mol. The molecule has 0 saturated heterocycles. The predicted octanol–water partition coefficient (Wildman–Crippen LogP) is 2.96. The van der Waals surface area contributed by atoms with Crippen molar-refractivity contribution >= 4 is 27.6 Å². The summed E-state index contributed by atoms with van der Waals surface area (Å²) < 4.78 is 59.5. The maximum absolute atomic E-state index is 14.7. The molecule has 0 fully saturated rings. The molecule has 1 aromatic carbocycles. The summed E-state index contributed by atoms with van der Waals surface area (Å²) in [5.41, 5.74) is 0.209. The zero-order valence-electron chi connectivity index (χ0n) is 17.3. The average molecular weight is 466 g/mol. The first-order chi connectivity index (χ1) is 15.1. The molecule has 2 aromatic heterocycles. The van der Waals surface area contributed by atoms with Crippen LogP contribution >= 0.6 is 0 Å². The van der Waals surface area contributed by atoms with Crippen molar-refractivity contribution in [3.63, 3.8) is 0 Å². The lowest BCUT2D eigenvalue weighted by Gasteiger charge is -2.16. The van der Waals surface area contributed by atoms with Crippen molar-refractivity contribution < 1.29 is 26.7 Å². The number of carbonyl (C=O) groups is 1. The molecule has 0 aliphatic heterocycles. The van der Waals surface area contributed by atoms with Crippen LogP contribution in [0, 0.1) is 12.7 Å². The molecule has 1 atom stereocenters. The van der Waals surface area contributed by atoms with E-state index in [1.807, 2.05) is 0 Å². The zero-order chi connectivity index (χ0) is 23.5. The minimum atomic E-state index is -3.64. The molecule has 0 unspecified atom stereocenters. The van der Waals surface area contributed by atoms with E-state index < -0.39 is 34.7 Å². The van der Waals surface area contributed by atoms with Gasteiger partial charge in [0.05, 0.1) is 17.6 Å². The molecule has 0 aliphatic carbocycles. The number of carbonyl (C=O) groups excluding carboxylic acids is 1. The topological polar surface area (TPSA) is 128 Å². The normalized spacial score (nSPS) is 12.3. The van der Waals surface area contributed by atoms with Gasteiger partial charge in [-0.3, -0.25) is 10.0 Å². The molecule has 10 nitrogen and oxygen atoms in total. The van der Waals surface area contributed by atoms with Crippen LogP contribution in [0.5, 0.6) is 0 Å². The minimum Gasteiger partial charge on any atom is -0.438 e. The fourth-order valence-electron chi connectivity index (χ4n) is 2.82. The predicted molar refractivity (Wildman–Crippen MR) is 113 cm³/mol. The number of rotatable bonds is 7. The molecule has 13 heteroatoms. The summed E-state index contributed by atoms with van der Waals surface area (Å²) >= 11 is 0. The number of pyridine rings is 1. The van der Waals surface area contributed by atoms with E-state index in [2.05, 4.69) is 25.3 Å². The number of amides is 1. The van der Waals surface area contributed by atoms with E-state index in [4.69, 9.17) is 4.74 Å². The highest BCUT2D eigenvalue weighted by molar-refractivity contribution is 7.92. The fourth-order valence-corrected chi connectivity index (χ4v) is 3.42. The largest absolute Gasteiger partial charge is 0.438 e. The molecule has 2 heterocycles. The van der Waals surface area contributed by atoms with Crippen molar-refractivity contribution in [2.45, 2.75) is 13.0 Å². The standard InChI is InChI=1S/C19H20F2N6O4S/c1-11-14(25-32(3,29)30)9-13(21)16(22-11)17-18(27(2)26-24-17)23-19(28)31-15(10-20)12-7-5-4-6-8-12/h4-9,15,25H,10H2,1-3H3,(H,23,28)/t15-/m1/s1. The maximum atomic E-state index is 14.7. The Morgan fingerprint density at radius 1 is 1.25 bits per heavy atom. The summed E-state index contributed by atoms with van der Waals surface area (Å²) in [6.45, 7) is 0.526. The van der Waals surface area contributed by atoms with E-state index in [0.717, 1.165) is 17.0 Å². The number of nitrogens with zero attached hydrogens (tertiary/aromatic N) is 4. The lowest BCUT2D eigenvalue weighted by atomic mass is 10.1. The SMILES string of the molecule is Cc1nc(-c2nnn(C)c2NC(=O)O[C@H](CF)c2ccccc2)c(F)cc1NS(C)(=O)=O. The second kappa shape index (κ2) is 9.26. The molecule has 0 bridgehead atoms. The number of sulfonamides is 1. The van der Waals surface area contributed by atoms with Crippen molar-refractivity contribution in [1.82, 2.24) is 20.0 Å². The van der Waals surface area contributed by atoms with Gasteiger partial charge in [0, 0.05) is 13.1 Å². The van der Waals surface area contributed by atoms with Gasteiger partial charge in [-0.2, -0.15) is 0 Å². The van der Waals surface area contributed by atoms with E-state index in [-0.39, 0.29) is 28.6 Å². The van der Waals surface area contributed by atoms with Crippen LogP contribution in [0.25, 0.3) is 11.4 Å². The Bertz CT molecular complexity index is 1230. The number of halogens is 2. The highest BCUT2D eigenvalue weighted by atomic mass is 32.2. The summed E-state index contributed by atoms with van der Waals surface area (Å²) in [4.78, 5) is 16.5. The van der Waals surface area contributed by atoms with Crippen LogP contribution in [0.15, 0.2) is 36.4 Å². The number of aryl methyl sites for hydroxylation is 2. The van der Waals surface area contributed by atoms with Crippen molar-refractivity contribution in [3.8, 4) is 11.4 Å². The number of benzene rings is 1. The van der Waals surface area contributed by atoms with Crippen LogP contribution in [0.2, 0.25) is 0 Å². The third-order valence-corrected chi connectivity index (χ3v) is 4.88. The van der Waals surface area contributed by atoms with Gasteiger partial charge in [-0.15, -0.1) is 5.10 Å². The Labute approximate surface area is 182 Å². The molecule has 1 amide bonds. The second-order valence-electron chi connectivity index (χ2n) is 6.82. The summed E-state index contributed by atoms with van der Waals surface area (Å²) in [6, 6.07) is 9.28. The molecule has 0 spiro atoms. The third kappa shape index (κ3) is 5.35. The van der Waals surface area contributed by atoms with Gasteiger partial charge in [-0.05, 0) is 12.5 Å². The quantitative estimate of drug-likeness (QED) is 0.548. The van der Waals surface area contributed by atoms with E-state index in [0.29, 0.717) is 5.56 Å². The Kier molecular flexibility index (Phi) is 6.67. The maximum Gasteiger partial charge on any atom is 0.413 e. The molecular formula is C19H20F2N6O4S. The Hall–Kier alpha value is -3.61. The fraction of sp³-hybridized carbons (Fsp3) is 0.263. The molecule has 170 valence electrons. The molecule has 0 radical (unpaired) electrons. The lowest BCUT2D eigenvalue weighted by Crippen LogP contribution is -2.20. The first-order valence-corrected chi connectivity index (χ1v) is 11.1. The zero-order valence-corrected chi connectivity index (χ0v) is 18.2. The first-order valence-electron chi connectivity index (χ1n) is 9.22. The van der Waals surface area contributed by atoms with Gasteiger partial charge in [-0.25, -0.2) is 31.7 Å². The summed E-state index contributed by atoms with van der Waals surface area (Å²) in [5.74, 6) is -0.945.